The van der Waals surface area contributed by atoms with Crippen molar-refractivity contribution in [2.24, 2.45) is 5.73 Å². The highest BCUT2D eigenvalue weighted by atomic mass is 16.1. The molecule has 0 aliphatic carbocycles. The van der Waals surface area contributed by atoms with Gasteiger partial charge >= 0.3 is 0 Å². The van der Waals surface area contributed by atoms with Crippen LogP contribution in [0.1, 0.15) is 16.1 Å². The third-order valence-electron chi connectivity index (χ3n) is 2.45. The summed E-state index contributed by atoms with van der Waals surface area (Å²) in [5.41, 5.74) is 7.22. The van der Waals surface area contributed by atoms with Crippen molar-refractivity contribution in [2.75, 3.05) is 0 Å². The van der Waals surface area contributed by atoms with E-state index in [4.69, 9.17) is 5.73 Å². The van der Waals surface area contributed by atoms with Gasteiger partial charge in [0, 0.05) is 12.4 Å². The Balaban J connectivity index is 2.06. The third kappa shape index (κ3) is 2.95. The second-order valence-corrected chi connectivity index (χ2v) is 3.75. The molecule has 2 aromatic rings. The van der Waals surface area contributed by atoms with E-state index in [-0.39, 0.29) is 5.78 Å². The number of hydrogen-bond acceptors (Lipinski definition) is 4. The number of hydrogen-bond donors (Lipinski definition) is 1. The van der Waals surface area contributed by atoms with Gasteiger partial charge in [0.2, 0.25) is 0 Å². The molecule has 0 aliphatic heterocycles. The Bertz CT molecular complexity index is 485. The molecule has 0 saturated carbocycles. The Morgan fingerprint density at radius 1 is 1.24 bits per heavy atom. The monoisotopic (exact) mass is 227 g/mol. The molecular formula is C13H13N3O. The molecule has 4 heteroatoms. The van der Waals surface area contributed by atoms with Gasteiger partial charge in [-0.25, -0.2) is 4.98 Å². The van der Waals surface area contributed by atoms with Crippen LogP contribution in [-0.4, -0.2) is 21.8 Å². The number of carbonyl (C=O) groups is 1. The molecule has 0 fully saturated rings. The highest BCUT2D eigenvalue weighted by Crippen LogP contribution is 2.05. The molecule has 0 bridgehead atoms. The van der Waals surface area contributed by atoms with Gasteiger partial charge in [-0.15, -0.1) is 0 Å². The molecule has 1 unspecified atom stereocenters. The minimum atomic E-state index is -0.575. The first-order valence-corrected chi connectivity index (χ1v) is 5.37. The molecular weight excluding hydrogens is 214 g/mol. The highest BCUT2D eigenvalue weighted by molar-refractivity contribution is 5.98. The molecule has 0 saturated heterocycles. The zero-order valence-corrected chi connectivity index (χ0v) is 9.28. The van der Waals surface area contributed by atoms with Gasteiger partial charge < -0.3 is 5.73 Å². The fraction of sp³-hybridized carbons (Fsp3) is 0.154. The van der Waals surface area contributed by atoms with Gasteiger partial charge in [0.15, 0.2) is 5.78 Å². The average Bonchev–Trinajstić information content (AvgIpc) is 2.40. The normalized spacial score (nSPS) is 12.1. The summed E-state index contributed by atoms with van der Waals surface area (Å²) < 4.78 is 0. The number of aromatic nitrogens is 2. The van der Waals surface area contributed by atoms with E-state index in [9.17, 15) is 4.79 Å². The fourth-order valence-electron chi connectivity index (χ4n) is 1.58. The van der Waals surface area contributed by atoms with Crippen LogP contribution in [0, 0.1) is 0 Å². The Labute approximate surface area is 99.5 Å². The molecule has 17 heavy (non-hydrogen) atoms. The van der Waals surface area contributed by atoms with Crippen molar-refractivity contribution >= 4 is 5.78 Å². The number of carbonyl (C=O) groups excluding carboxylic acids is 1. The topological polar surface area (TPSA) is 68.9 Å². The second-order valence-electron chi connectivity index (χ2n) is 3.75. The molecule has 86 valence electrons. The summed E-state index contributed by atoms with van der Waals surface area (Å²) in [6.07, 6.45) is 4.96. The van der Waals surface area contributed by atoms with Crippen molar-refractivity contribution in [3.05, 3.63) is 60.2 Å². The number of benzene rings is 1. The van der Waals surface area contributed by atoms with Gasteiger partial charge in [-0.2, -0.15) is 0 Å². The van der Waals surface area contributed by atoms with E-state index in [0.717, 1.165) is 5.56 Å². The minimum absolute atomic E-state index is 0.179. The molecule has 1 atom stereocenters. The van der Waals surface area contributed by atoms with Crippen LogP contribution in [-0.2, 0) is 6.42 Å². The lowest BCUT2D eigenvalue weighted by molar-refractivity contribution is 0.0955. The summed E-state index contributed by atoms with van der Waals surface area (Å²) in [6, 6.07) is 9.10. The first-order valence-electron chi connectivity index (χ1n) is 5.37. The number of nitrogens with two attached hydrogens (primary N) is 1. The fourth-order valence-corrected chi connectivity index (χ4v) is 1.58. The maximum atomic E-state index is 11.9. The Morgan fingerprint density at radius 2 is 2.00 bits per heavy atom. The van der Waals surface area contributed by atoms with Crippen LogP contribution in [0.5, 0.6) is 0 Å². The zero-order chi connectivity index (χ0) is 12.1. The molecule has 2 N–H and O–H groups in total. The van der Waals surface area contributed by atoms with Crippen molar-refractivity contribution in [1.29, 1.82) is 0 Å². The predicted molar refractivity (Wildman–Crippen MR) is 64.5 cm³/mol. The number of Topliss-reactive ketones (excluding diaryl/α,β-unsaturated/α-hetero) is 1. The smallest absolute Gasteiger partial charge is 0.199 e. The zero-order valence-electron chi connectivity index (χ0n) is 9.28. The molecule has 4 nitrogen and oxygen atoms in total. The molecule has 0 amide bonds. The first-order chi connectivity index (χ1) is 8.27. The lowest BCUT2D eigenvalue weighted by Crippen LogP contribution is -2.33. The van der Waals surface area contributed by atoms with Crippen LogP contribution < -0.4 is 5.73 Å². The first kappa shape index (κ1) is 11.4. The van der Waals surface area contributed by atoms with E-state index in [2.05, 4.69) is 9.97 Å². The maximum Gasteiger partial charge on any atom is 0.199 e. The van der Waals surface area contributed by atoms with E-state index in [1.165, 1.54) is 18.6 Å². The summed E-state index contributed by atoms with van der Waals surface area (Å²) in [5, 5.41) is 0. The molecule has 1 heterocycles. The summed E-state index contributed by atoms with van der Waals surface area (Å²) in [4.78, 5) is 19.7. The number of rotatable bonds is 4. The van der Waals surface area contributed by atoms with Gasteiger partial charge in [-0.1, -0.05) is 30.3 Å². The van der Waals surface area contributed by atoms with E-state index < -0.39 is 6.04 Å². The molecule has 2 rings (SSSR count). The van der Waals surface area contributed by atoms with Gasteiger partial charge in [0.25, 0.3) is 0 Å². The summed E-state index contributed by atoms with van der Waals surface area (Å²) in [7, 11) is 0. The van der Waals surface area contributed by atoms with Gasteiger partial charge in [-0.05, 0) is 12.0 Å². The highest BCUT2D eigenvalue weighted by Gasteiger charge is 2.17. The molecule has 0 spiro atoms. The molecule has 1 aromatic heterocycles. The minimum Gasteiger partial charge on any atom is -0.321 e. The van der Waals surface area contributed by atoms with Crippen molar-refractivity contribution in [1.82, 2.24) is 9.97 Å². The van der Waals surface area contributed by atoms with E-state index in [1.807, 2.05) is 30.3 Å². The van der Waals surface area contributed by atoms with Gasteiger partial charge in [0.1, 0.15) is 5.69 Å². The van der Waals surface area contributed by atoms with Crippen LogP contribution in [0.2, 0.25) is 0 Å². The van der Waals surface area contributed by atoms with Crippen molar-refractivity contribution in [3.63, 3.8) is 0 Å². The summed E-state index contributed by atoms with van der Waals surface area (Å²) in [6.45, 7) is 0. The Morgan fingerprint density at radius 3 is 2.65 bits per heavy atom. The van der Waals surface area contributed by atoms with Crippen LogP contribution in [0.3, 0.4) is 0 Å². The lowest BCUT2D eigenvalue weighted by atomic mass is 10.0. The third-order valence-corrected chi connectivity index (χ3v) is 2.45. The Hall–Kier alpha value is -2.07. The number of ketones is 1. The van der Waals surface area contributed by atoms with E-state index in [1.54, 1.807) is 0 Å². The quantitative estimate of drug-likeness (QED) is 0.797. The molecule has 0 radical (unpaired) electrons. The SMILES string of the molecule is NC(Cc1ccccc1)C(=O)c1cnccn1. The number of nitrogens with zero attached hydrogens (tertiary/aromatic N) is 2. The van der Waals surface area contributed by atoms with Gasteiger partial charge in [0.05, 0.1) is 12.2 Å². The largest absolute Gasteiger partial charge is 0.321 e. The predicted octanol–water partition coefficient (Wildman–Crippen LogP) is 1.23. The maximum absolute atomic E-state index is 11.9. The Kier molecular flexibility index (Phi) is 3.57. The molecule has 0 aliphatic rings. The van der Waals surface area contributed by atoms with Crippen LogP contribution >= 0.6 is 0 Å². The van der Waals surface area contributed by atoms with Crippen LogP contribution in [0.25, 0.3) is 0 Å². The summed E-state index contributed by atoms with van der Waals surface area (Å²) >= 11 is 0. The lowest BCUT2D eigenvalue weighted by Gasteiger charge is -2.09. The van der Waals surface area contributed by atoms with E-state index >= 15 is 0 Å². The second kappa shape index (κ2) is 5.32. The van der Waals surface area contributed by atoms with E-state index in [0.29, 0.717) is 12.1 Å². The van der Waals surface area contributed by atoms with Crippen molar-refractivity contribution < 1.29 is 4.79 Å². The van der Waals surface area contributed by atoms with Crippen LogP contribution in [0.15, 0.2) is 48.9 Å². The van der Waals surface area contributed by atoms with Crippen LogP contribution in [0.4, 0.5) is 0 Å². The molecule has 1 aromatic carbocycles. The summed E-state index contributed by atoms with van der Waals surface area (Å²) in [5.74, 6) is -0.179. The standard InChI is InChI=1S/C13H13N3O/c14-11(8-10-4-2-1-3-5-10)13(17)12-9-15-6-7-16-12/h1-7,9,11H,8,14H2. The van der Waals surface area contributed by atoms with Crippen molar-refractivity contribution in [2.45, 2.75) is 12.5 Å². The van der Waals surface area contributed by atoms with Gasteiger partial charge in [-0.3, -0.25) is 9.78 Å². The van der Waals surface area contributed by atoms with Crippen molar-refractivity contribution in [3.8, 4) is 0 Å². The average molecular weight is 227 g/mol.